The maximum absolute atomic E-state index is 11.4. The number of benzene rings is 2. The summed E-state index contributed by atoms with van der Waals surface area (Å²) in [6.07, 6.45) is -0.322. The predicted octanol–water partition coefficient (Wildman–Crippen LogP) is 3.27. The molecule has 0 unspecified atom stereocenters. The second kappa shape index (κ2) is 9.08. The molecule has 0 aromatic heterocycles. The number of ether oxygens (including phenoxy) is 2. The molecule has 2 atom stereocenters. The average molecular weight is 313 g/mol. The van der Waals surface area contributed by atoms with Crippen LogP contribution in [0.3, 0.4) is 0 Å². The fourth-order valence-corrected chi connectivity index (χ4v) is 2.47. The molecule has 4 nitrogen and oxygen atoms in total. The van der Waals surface area contributed by atoms with Crippen LogP contribution in [-0.2, 0) is 14.3 Å². The average Bonchev–Trinajstić information content (AvgIpc) is 2.58. The minimum absolute atomic E-state index is 0.0444. The van der Waals surface area contributed by atoms with Gasteiger partial charge in [-0.25, -0.2) is 0 Å². The molecule has 0 spiro atoms. The van der Waals surface area contributed by atoms with E-state index in [1.165, 1.54) is 6.92 Å². The summed E-state index contributed by atoms with van der Waals surface area (Å²) < 4.78 is 10.8. The highest BCUT2D eigenvalue weighted by atomic mass is 16.5. The second-order valence-electron chi connectivity index (χ2n) is 5.34. The molecule has 23 heavy (non-hydrogen) atoms. The molecule has 0 bridgehead atoms. The minimum atomic E-state index is -0.322. The molecule has 0 radical (unpaired) electrons. The quantitative estimate of drug-likeness (QED) is 0.760. The van der Waals surface area contributed by atoms with Gasteiger partial charge in [0.15, 0.2) is 0 Å². The van der Waals surface area contributed by atoms with E-state index in [2.05, 4.69) is 17.4 Å². The summed E-state index contributed by atoms with van der Waals surface area (Å²) in [6, 6.07) is 19.9. The molecule has 0 heterocycles. The van der Waals surface area contributed by atoms with Crippen molar-refractivity contribution < 1.29 is 14.3 Å². The molecule has 122 valence electrons. The maximum Gasteiger partial charge on any atom is 0.303 e. The van der Waals surface area contributed by atoms with Crippen LogP contribution in [0.4, 0.5) is 0 Å². The van der Waals surface area contributed by atoms with E-state index in [-0.39, 0.29) is 18.1 Å². The van der Waals surface area contributed by atoms with Crippen LogP contribution >= 0.6 is 0 Å². The van der Waals surface area contributed by atoms with Gasteiger partial charge in [-0.2, -0.15) is 0 Å². The van der Waals surface area contributed by atoms with E-state index in [4.69, 9.17) is 9.47 Å². The van der Waals surface area contributed by atoms with Crippen molar-refractivity contribution in [3.63, 3.8) is 0 Å². The lowest BCUT2D eigenvalue weighted by molar-refractivity contribution is -0.146. The summed E-state index contributed by atoms with van der Waals surface area (Å²) in [5.74, 6) is -0.288. The monoisotopic (exact) mass is 313 g/mol. The first-order valence-electron chi connectivity index (χ1n) is 7.70. The summed E-state index contributed by atoms with van der Waals surface area (Å²) in [6.45, 7) is 2.50. The number of hydrogen-bond acceptors (Lipinski definition) is 4. The lowest BCUT2D eigenvalue weighted by atomic mass is 10.1. The van der Waals surface area contributed by atoms with Crippen LogP contribution in [0.5, 0.6) is 0 Å². The van der Waals surface area contributed by atoms with E-state index in [0.717, 1.165) is 11.1 Å². The van der Waals surface area contributed by atoms with Crippen LogP contribution in [-0.4, -0.2) is 26.2 Å². The van der Waals surface area contributed by atoms with Gasteiger partial charge in [0.25, 0.3) is 0 Å². The van der Waals surface area contributed by atoms with E-state index in [1.54, 1.807) is 7.11 Å². The highest BCUT2D eigenvalue weighted by Crippen LogP contribution is 2.19. The Kier molecular flexibility index (Phi) is 6.78. The Balaban J connectivity index is 2.07. The van der Waals surface area contributed by atoms with Gasteiger partial charge in [-0.3, -0.25) is 4.79 Å². The van der Waals surface area contributed by atoms with Crippen molar-refractivity contribution >= 4 is 5.97 Å². The van der Waals surface area contributed by atoms with Crippen molar-refractivity contribution in [2.75, 3.05) is 20.3 Å². The van der Waals surface area contributed by atoms with Crippen LogP contribution in [0.15, 0.2) is 60.7 Å². The zero-order chi connectivity index (χ0) is 16.5. The van der Waals surface area contributed by atoms with Gasteiger partial charge in [0.1, 0.15) is 6.10 Å². The number of carbonyl (C=O) groups is 1. The fraction of sp³-hybridized carbons (Fsp3) is 0.316. The summed E-state index contributed by atoms with van der Waals surface area (Å²) in [7, 11) is 1.68. The molecule has 0 aliphatic heterocycles. The first kappa shape index (κ1) is 17.2. The minimum Gasteiger partial charge on any atom is -0.456 e. The molecule has 2 aromatic rings. The van der Waals surface area contributed by atoms with Gasteiger partial charge in [0.05, 0.1) is 12.6 Å². The van der Waals surface area contributed by atoms with Crippen LogP contribution < -0.4 is 5.32 Å². The number of hydrogen-bond donors (Lipinski definition) is 1. The number of carbonyl (C=O) groups excluding carboxylic acids is 1. The first-order chi connectivity index (χ1) is 11.2. The molecule has 2 rings (SSSR count). The summed E-state index contributed by atoms with van der Waals surface area (Å²) in [4.78, 5) is 11.4. The molecule has 0 saturated heterocycles. The second-order valence-corrected chi connectivity index (χ2v) is 5.34. The lowest BCUT2D eigenvalue weighted by Crippen LogP contribution is -2.31. The smallest absolute Gasteiger partial charge is 0.303 e. The largest absolute Gasteiger partial charge is 0.456 e. The number of esters is 1. The zero-order valence-corrected chi connectivity index (χ0v) is 13.6. The molecule has 2 aromatic carbocycles. The first-order valence-corrected chi connectivity index (χ1v) is 7.70. The molecule has 0 saturated carbocycles. The molecule has 0 aliphatic carbocycles. The van der Waals surface area contributed by atoms with Crippen LogP contribution in [0, 0.1) is 0 Å². The third-order valence-electron chi connectivity index (χ3n) is 3.56. The number of rotatable bonds is 8. The highest BCUT2D eigenvalue weighted by Gasteiger charge is 2.18. The van der Waals surface area contributed by atoms with E-state index in [0.29, 0.717) is 13.2 Å². The highest BCUT2D eigenvalue weighted by molar-refractivity contribution is 5.66. The van der Waals surface area contributed by atoms with Crippen molar-refractivity contribution in [2.24, 2.45) is 0 Å². The Morgan fingerprint density at radius 2 is 1.57 bits per heavy atom. The van der Waals surface area contributed by atoms with E-state index in [9.17, 15) is 4.79 Å². The van der Waals surface area contributed by atoms with Gasteiger partial charge in [-0.1, -0.05) is 60.7 Å². The van der Waals surface area contributed by atoms with E-state index < -0.39 is 0 Å². The molecular weight excluding hydrogens is 290 g/mol. The van der Waals surface area contributed by atoms with Gasteiger partial charge in [-0.05, 0) is 11.1 Å². The van der Waals surface area contributed by atoms with Crippen LogP contribution in [0.2, 0.25) is 0 Å². The summed E-state index contributed by atoms with van der Waals surface area (Å²) in [5.41, 5.74) is 2.11. The molecule has 0 fully saturated rings. The molecule has 1 N–H and O–H groups in total. The predicted molar refractivity (Wildman–Crippen MR) is 90.0 cm³/mol. The SMILES string of the molecule is COC[C@H](NC[C@H](OC(C)=O)c1ccccc1)c1ccccc1. The Bertz CT molecular complexity index is 586. The van der Waals surface area contributed by atoms with Gasteiger partial charge < -0.3 is 14.8 Å². The Hall–Kier alpha value is -2.17. The lowest BCUT2D eigenvalue weighted by Gasteiger charge is -2.23. The van der Waals surface area contributed by atoms with Crippen LogP contribution in [0.1, 0.15) is 30.2 Å². The van der Waals surface area contributed by atoms with Crippen LogP contribution in [0.25, 0.3) is 0 Å². The zero-order valence-electron chi connectivity index (χ0n) is 13.6. The van der Waals surface area contributed by atoms with Crippen molar-refractivity contribution in [3.05, 3.63) is 71.8 Å². The van der Waals surface area contributed by atoms with Gasteiger partial charge in [-0.15, -0.1) is 0 Å². The Labute approximate surface area is 137 Å². The normalized spacial score (nSPS) is 13.3. The fourth-order valence-electron chi connectivity index (χ4n) is 2.47. The summed E-state index contributed by atoms with van der Waals surface area (Å²) >= 11 is 0. The van der Waals surface area contributed by atoms with Crippen molar-refractivity contribution in [1.29, 1.82) is 0 Å². The third kappa shape index (κ3) is 5.51. The van der Waals surface area contributed by atoms with E-state index >= 15 is 0 Å². The molecule has 0 aliphatic rings. The topological polar surface area (TPSA) is 47.6 Å². The molecule has 0 amide bonds. The number of methoxy groups -OCH3 is 1. The Morgan fingerprint density at radius 1 is 1.00 bits per heavy atom. The van der Waals surface area contributed by atoms with Crippen molar-refractivity contribution in [1.82, 2.24) is 5.32 Å². The van der Waals surface area contributed by atoms with Gasteiger partial charge in [0.2, 0.25) is 0 Å². The van der Waals surface area contributed by atoms with E-state index in [1.807, 2.05) is 48.5 Å². The maximum atomic E-state index is 11.4. The molecule has 4 heteroatoms. The summed E-state index contributed by atoms with van der Waals surface area (Å²) in [5, 5.41) is 3.44. The Morgan fingerprint density at radius 3 is 2.09 bits per heavy atom. The van der Waals surface area contributed by atoms with Crippen molar-refractivity contribution in [2.45, 2.75) is 19.1 Å². The van der Waals surface area contributed by atoms with Gasteiger partial charge in [0, 0.05) is 20.6 Å². The molecular formula is C19H23NO3. The third-order valence-corrected chi connectivity index (χ3v) is 3.56. The van der Waals surface area contributed by atoms with Crippen molar-refractivity contribution in [3.8, 4) is 0 Å². The van der Waals surface area contributed by atoms with Gasteiger partial charge >= 0.3 is 5.97 Å². The standard InChI is InChI=1S/C19H23NO3/c1-15(21)23-19(17-11-7-4-8-12-17)13-20-18(14-22-2)16-9-5-3-6-10-16/h3-12,18-20H,13-14H2,1-2H3/t18-,19-/m0/s1. The number of nitrogens with one attached hydrogen (secondary N) is 1.